The number of thiazole rings is 1. The summed E-state index contributed by atoms with van der Waals surface area (Å²) in [6, 6.07) is 0. The van der Waals surface area contributed by atoms with E-state index >= 15 is 0 Å². The maximum Gasteiger partial charge on any atom is 0.0983 e. The molecule has 0 aliphatic carbocycles. The average molecular weight is 218 g/mol. The first kappa shape index (κ1) is 9.44. The largest absolute Gasteiger partial charge is 0.381 e. The Hall–Kier alpha value is -0.120. The molecule has 1 saturated heterocycles. The number of halogens is 1. The molecule has 0 saturated carbocycles. The molecule has 0 aromatic carbocycles. The first-order valence-corrected chi connectivity index (χ1v) is 5.89. The Morgan fingerprint density at radius 3 is 3.31 bits per heavy atom. The second-order valence-electron chi connectivity index (χ2n) is 3.18. The summed E-state index contributed by atoms with van der Waals surface area (Å²) in [5, 5.41) is 3.33. The highest BCUT2D eigenvalue weighted by atomic mass is 35.5. The van der Waals surface area contributed by atoms with Crippen molar-refractivity contribution < 1.29 is 4.74 Å². The van der Waals surface area contributed by atoms with Gasteiger partial charge in [-0.2, -0.15) is 0 Å². The van der Waals surface area contributed by atoms with Crippen molar-refractivity contribution in [2.75, 3.05) is 19.1 Å². The molecule has 2 rings (SSSR count). The van der Waals surface area contributed by atoms with E-state index < -0.39 is 0 Å². The van der Waals surface area contributed by atoms with Gasteiger partial charge in [-0.1, -0.05) is 0 Å². The van der Waals surface area contributed by atoms with Gasteiger partial charge in [0.25, 0.3) is 0 Å². The second kappa shape index (κ2) is 4.40. The van der Waals surface area contributed by atoms with Gasteiger partial charge in [0.15, 0.2) is 0 Å². The molecule has 1 aliphatic rings. The van der Waals surface area contributed by atoms with Crippen LogP contribution in [-0.2, 0) is 11.2 Å². The van der Waals surface area contributed by atoms with Gasteiger partial charge in [-0.3, -0.25) is 0 Å². The van der Waals surface area contributed by atoms with Crippen molar-refractivity contribution in [3.8, 4) is 0 Å². The summed E-state index contributed by atoms with van der Waals surface area (Å²) in [5.74, 6) is 1.19. The third-order valence-corrected chi connectivity index (χ3v) is 3.44. The molecule has 1 aromatic heterocycles. The average Bonchev–Trinajstić information content (AvgIpc) is 2.70. The molecule has 0 spiro atoms. The van der Waals surface area contributed by atoms with Crippen molar-refractivity contribution in [2.24, 2.45) is 0 Å². The molecule has 2 nitrogen and oxygen atoms in total. The molecule has 2 heterocycles. The van der Waals surface area contributed by atoms with Crippen molar-refractivity contribution in [3.05, 3.63) is 16.1 Å². The molecule has 0 radical (unpaired) electrons. The van der Waals surface area contributed by atoms with Gasteiger partial charge >= 0.3 is 0 Å². The van der Waals surface area contributed by atoms with E-state index in [0.717, 1.165) is 31.7 Å². The minimum Gasteiger partial charge on any atom is -0.381 e. The topological polar surface area (TPSA) is 22.1 Å². The predicted octanol–water partition coefficient (Wildman–Crippen LogP) is 2.43. The Morgan fingerprint density at radius 2 is 2.62 bits per heavy atom. The van der Waals surface area contributed by atoms with Crippen LogP contribution >= 0.6 is 22.9 Å². The Labute approximate surface area is 86.9 Å². The van der Waals surface area contributed by atoms with Crippen LogP contribution in [0.15, 0.2) is 5.38 Å². The smallest absolute Gasteiger partial charge is 0.0983 e. The van der Waals surface area contributed by atoms with E-state index in [1.807, 2.05) is 0 Å². The lowest BCUT2D eigenvalue weighted by molar-refractivity contribution is 0.194. The van der Waals surface area contributed by atoms with Gasteiger partial charge in [0, 0.05) is 30.2 Å². The fourth-order valence-corrected chi connectivity index (χ4v) is 2.62. The van der Waals surface area contributed by atoms with Crippen molar-refractivity contribution in [2.45, 2.75) is 18.8 Å². The van der Waals surface area contributed by atoms with Gasteiger partial charge in [-0.15, -0.1) is 22.9 Å². The van der Waals surface area contributed by atoms with Gasteiger partial charge in [-0.25, -0.2) is 4.98 Å². The van der Waals surface area contributed by atoms with Crippen LogP contribution in [0, 0.1) is 0 Å². The lowest BCUT2D eigenvalue weighted by atomic mass is 10.1. The van der Waals surface area contributed by atoms with E-state index in [1.54, 1.807) is 11.3 Å². The first-order valence-electron chi connectivity index (χ1n) is 4.48. The molecule has 1 unspecified atom stereocenters. The van der Waals surface area contributed by atoms with Crippen LogP contribution in [0.25, 0.3) is 0 Å². The number of nitrogens with zero attached hydrogens (tertiary/aromatic N) is 1. The summed E-state index contributed by atoms with van der Waals surface area (Å²) in [6.45, 7) is 1.73. The van der Waals surface area contributed by atoms with E-state index in [1.165, 1.54) is 5.01 Å². The molecule has 13 heavy (non-hydrogen) atoms. The molecule has 4 heteroatoms. The standard InChI is InChI=1S/C9H12ClNOS/c10-3-1-8-6-13-9(11-8)7-2-4-12-5-7/h6-7H,1-5H2. The summed E-state index contributed by atoms with van der Waals surface area (Å²) in [5.41, 5.74) is 1.13. The number of aryl methyl sites for hydroxylation is 1. The fourth-order valence-electron chi connectivity index (χ4n) is 1.45. The number of aromatic nitrogens is 1. The molecule has 1 fully saturated rings. The molecule has 1 aromatic rings. The Balaban J connectivity index is 2.03. The highest BCUT2D eigenvalue weighted by Gasteiger charge is 2.20. The monoisotopic (exact) mass is 217 g/mol. The summed E-state index contributed by atoms with van der Waals surface area (Å²) < 4.78 is 5.32. The molecular weight excluding hydrogens is 206 g/mol. The maximum absolute atomic E-state index is 5.64. The van der Waals surface area contributed by atoms with Gasteiger partial charge in [0.2, 0.25) is 0 Å². The minimum atomic E-state index is 0.536. The molecule has 0 N–H and O–H groups in total. The normalized spacial score (nSPS) is 22.4. The van der Waals surface area contributed by atoms with Gasteiger partial charge in [-0.05, 0) is 6.42 Å². The van der Waals surface area contributed by atoms with Crippen LogP contribution in [-0.4, -0.2) is 24.1 Å². The Morgan fingerprint density at radius 1 is 1.69 bits per heavy atom. The molecule has 72 valence electrons. The number of alkyl halides is 1. The van der Waals surface area contributed by atoms with Crippen LogP contribution in [0.2, 0.25) is 0 Å². The van der Waals surface area contributed by atoms with Crippen LogP contribution < -0.4 is 0 Å². The number of hydrogen-bond acceptors (Lipinski definition) is 3. The van der Waals surface area contributed by atoms with E-state index in [4.69, 9.17) is 16.3 Å². The summed E-state index contributed by atoms with van der Waals surface area (Å²) >= 11 is 7.38. The second-order valence-corrected chi connectivity index (χ2v) is 4.44. The highest BCUT2D eigenvalue weighted by molar-refractivity contribution is 7.09. The van der Waals surface area contributed by atoms with Crippen molar-refractivity contribution in [1.29, 1.82) is 0 Å². The predicted molar refractivity (Wildman–Crippen MR) is 54.7 cm³/mol. The minimum absolute atomic E-state index is 0.536. The zero-order chi connectivity index (χ0) is 9.10. The molecule has 1 atom stereocenters. The molecule has 1 aliphatic heterocycles. The number of ether oxygens (including phenoxy) is 1. The number of hydrogen-bond donors (Lipinski definition) is 0. The van der Waals surface area contributed by atoms with Crippen LogP contribution in [0.1, 0.15) is 23.0 Å². The van der Waals surface area contributed by atoms with Gasteiger partial charge in [0.1, 0.15) is 0 Å². The fraction of sp³-hybridized carbons (Fsp3) is 0.667. The lowest BCUT2D eigenvalue weighted by Crippen LogP contribution is -1.97. The summed E-state index contributed by atoms with van der Waals surface area (Å²) in [7, 11) is 0. The van der Waals surface area contributed by atoms with Crippen LogP contribution in [0.5, 0.6) is 0 Å². The van der Waals surface area contributed by atoms with Crippen molar-refractivity contribution in [1.82, 2.24) is 4.98 Å². The van der Waals surface area contributed by atoms with E-state index in [2.05, 4.69) is 10.4 Å². The van der Waals surface area contributed by atoms with E-state index in [9.17, 15) is 0 Å². The van der Waals surface area contributed by atoms with Crippen molar-refractivity contribution in [3.63, 3.8) is 0 Å². The maximum atomic E-state index is 5.64. The highest BCUT2D eigenvalue weighted by Crippen LogP contribution is 2.27. The van der Waals surface area contributed by atoms with Crippen LogP contribution in [0.4, 0.5) is 0 Å². The third kappa shape index (κ3) is 2.22. The zero-order valence-corrected chi connectivity index (χ0v) is 8.90. The van der Waals surface area contributed by atoms with Gasteiger partial charge < -0.3 is 4.74 Å². The number of rotatable bonds is 3. The zero-order valence-electron chi connectivity index (χ0n) is 7.33. The van der Waals surface area contributed by atoms with Gasteiger partial charge in [0.05, 0.1) is 17.3 Å². The molecular formula is C9H12ClNOS. The van der Waals surface area contributed by atoms with E-state index in [0.29, 0.717) is 11.8 Å². The SMILES string of the molecule is ClCCc1csc(C2CCOC2)n1. The van der Waals surface area contributed by atoms with Crippen molar-refractivity contribution >= 4 is 22.9 Å². The summed E-state index contributed by atoms with van der Waals surface area (Å²) in [6.07, 6.45) is 2.00. The van der Waals surface area contributed by atoms with E-state index in [-0.39, 0.29) is 0 Å². The molecule has 0 bridgehead atoms. The quantitative estimate of drug-likeness (QED) is 0.726. The molecule has 0 amide bonds. The van der Waals surface area contributed by atoms with Crippen LogP contribution in [0.3, 0.4) is 0 Å². The third-order valence-electron chi connectivity index (χ3n) is 2.20. The Kier molecular flexibility index (Phi) is 3.19. The lowest BCUT2D eigenvalue weighted by Gasteiger charge is -2.00. The Bertz CT molecular complexity index is 270. The summed E-state index contributed by atoms with van der Waals surface area (Å²) in [4.78, 5) is 4.54. The first-order chi connectivity index (χ1) is 6.40.